The molecule has 0 aliphatic carbocycles. The number of nitrogens with zero attached hydrogens (tertiary/aromatic N) is 2. The Kier molecular flexibility index (Phi) is 5.07. The second kappa shape index (κ2) is 7.24. The molecule has 2 aromatic rings. The predicted octanol–water partition coefficient (Wildman–Crippen LogP) is 4.14. The number of halogens is 2. The van der Waals surface area contributed by atoms with Crippen LogP contribution < -0.4 is 5.73 Å². The highest BCUT2D eigenvalue weighted by molar-refractivity contribution is 6.42. The molecule has 1 aliphatic heterocycles. The molecule has 3 rings (SSSR count). The van der Waals surface area contributed by atoms with Crippen molar-refractivity contribution in [3.05, 3.63) is 63.6 Å². The van der Waals surface area contributed by atoms with Crippen LogP contribution in [0.3, 0.4) is 0 Å². The highest BCUT2D eigenvalue weighted by atomic mass is 35.5. The third kappa shape index (κ3) is 3.71. The standard InChI is InChI=1S/C18H17Cl2N3O/c19-14-10-13(16(21)11-15(14)20)17-8-9-23(22-17)18(24)7-6-12-4-2-1-3-5-12/h1-5,10-11H,6-9,21H2. The number of benzene rings is 2. The minimum atomic E-state index is 0.00693. The van der Waals surface area contributed by atoms with E-state index in [0.29, 0.717) is 41.5 Å². The van der Waals surface area contributed by atoms with Gasteiger partial charge in [-0.15, -0.1) is 0 Å². The number of hydrogen-bond acceptors (Lipinski definition) is 3. The van der Waals surface area contributed by atoms with Gasteiger partial charge in [0.2, 0.25) is 5.91 Å². The summed E-state index contributed by atoms with van der Waals surface area (Å²) < 4.78 is 0. The van der Waals surface area contributed by atoms with Gasteiger partial charge in [0.1, 0.15) is 0 Å². The fourth-order valence-electron chi connectivity index (χ4n) is 2.66. The topological polar surface area (TPSA) is 58.7 Å². The lowest BCUT2D eigenvalue weighted by Crippen LogP contribution is -2.23. The van der Waals surface area contributed by atoms with E-state index in [2.05, 4.69) is 5.10 Å². The zero-order chi connectivity index (χ0) is 17.1. The summed E-state index contributed by atoms with van der Waals surface area (Å²) in [5.74, 6) is 0.00693. The first-order valence-electron chi connectivity index (χ1n) is 7.71. The van der Waals surface area contributed by atoms with E-state index < -0.39 is 0 Å². The van der Waals surface area contributed by atoms with Gasteiger partial charge in [-0.25, -0.2) is 5.01 Å². The number of carbonyl (C=O) groups is 1. The molecule has 0 atom stereocenters. The average molecular weight is 362 g/mol. The molecule has 2 aromatic carbocycles. The van der Waals surface area contributed by atoms with Gasteiger partial charge in [-0.2, -0.15) is 5.10 Å². The number of aryl methyl sites for hydroxylation is 1. The van der Waals surface area contributed by atoms with Gasteiger partial charge in [0, 0.05) is 24.1 Å². The number of amides is 1. The van der Waals surface area contributed by atoms with Crippen LogP contribution in [0.4, 0.5) is 5.69 Å². The molecule has 24 heavy (non-hydrogen) atoms. The first kappa shape index (κ1) is 16.8. The van der Waals surface area contributed by atoms with Crippen LogP contribution in [-0.2, 0) is 11.2 Å². The second-order valence-electron chi connectivity index (χ2n) is 5.65. The summed E-state index contributed by atoms with van der Waals surface area (Å²) in [6.07, 6.45) is 1.78. The zero-order valence-corrected chi connectivity index (χ0v) is 14.5. The number of hydrazone groups is 1. The molecule has 0 aromatic heterocycles. The molecule has 0 radical (unpaired) electrons. The average Bonchev–Trinajstić information content (AvgIpc) is 3.07. The molecule has 0 saturated heterocycles. The number of carbonyl (C=O) groups excluding carboxylic acids is 1. The van der Waals surface area contributed by atoms with Gasteiger partial charge in [0.15, 0.2) is 0 Å². The summed E-state index contributed by atoms with van der Waals surface area (Å²) in [6, 6.07) is 13.3. The molecule has 4 nitrogen and oxygen atoms in total. The monoisotopic (exact) mass is 361 g/mol. The van der Waals surface area contributed by atoms with Crippen LogP contribution in [0.2, 0.25) is 10.0 Å². The lowest BCUT2D eigenvalue weighted by Gasteiger charge is -2.11. The summed E-state index contributed by atoms with van der Waals surface area (Å²) in [4.78, 5) is 12.3. The molecule has 1 aliphatic rings. The minimum Gasteiger partial charge on any atom is -0.398 e. The predicted molar refractivity (Wildman–Crippen MR) is 98.5 cm³/mol. The first-order chi connectivity index (χ1) is 11.5. The van der Waals surface area contributed by atoms with Crippen LogP contribution in [0.5, 0.6) is 0 Å². The van der Waals surface area contributed by atoms with Crippen molar-refractivity contribution in [1.29, 1.82) is 0 Å². The number of nitrogens with two attached hydrogens (primary N) is 1. The summed E-state index contributed by atoms with van der Waals surface area (Å²) >= 11 is 12.0. The molecule has 1 heterocycles. The molecular formula is C18H17Cl2N3O. The lowest BCUT2D eigenvalue weighted by atomic mass is 10.1. The van der Waals surface area contributed by atoms with Gasteiger partial charge in [0.25, 0.3) is 0 Å². The van der Waals surface area contributed by atoms with E-state index in [9.17, 15) is 4.79 Å². The van der Waals surface area contributed by atoms with Crippen LogP contribution >= 0.6 is 23.2 Å². The first-order valence-corrected chi connectivity index (χ1v) is 8.47. The van der Waals surface area contributed by atoms with E-state index in [4.69, 9.17) is 28.9 Å². The Balaban J connectivity index is 1.69. The third-order valence-electron chi connectivity index (χ3n) is 3.96. The fraction of sp³-hybridized carbons (Fsp3) is 0.222. The van der Waals surface area contributed by atoms with Crippen molar-refractivity contribution in [2.75, 3.05) is 12.3 Å². The molecule has 2 N–H and O–H groups in total. The van der Waals surface area contributed by atoms with Crippen molar-refractivity contribution >= 4 is 40.5 Å². The van der Waals surface area contributed by atoms with Gasteiger partial charge in [-0.05, 0) is 24.1 Å². The van der Waals surface area contributed by atoms with Crippen LogP contribution in [0.25, 0.3) is 0 Å². The number of anilines is 1. The fourth-order valence-corrected chi connectivity index (χ4v) is 3.00. The normalized spacial score (nSPS) is 13.9. The molecule has 6 heteroatoms. The summed E-state index contributed by atoms with van der Waals surface area (Å²) in [5, 5.41) is 6.77. The van der Waals surface area contributed by atoms with E-state index in [1.54, 1.807) is 12.1 Å². The van der Waals surface area contributed by atoms with Gasteiger partial charge >= 0.3 is 0 Å². The molecule has 0 saturated carbocycles. The Morgan fingerprint density at radius 2 is 1.88 bits per heavy atom. The van der Waals surface area contributed by atoms with Crippen molar-refractivity contribution in [2.24, 2.45) is 5.10 Å². The van der Waals surface area contributed by atoms with Gasteiger partial charge in [0.05, 0.1) is 22.3 Å². The lowest BCUT2D eigenvalue weighted by molar-refractivity contribution is -0.130. The minimum absolute atomic E-state index is 0.00693. The summed E-state index contributed by atoms with van der Waals surface area (Å²) in [5.41, 5.74) is 9.16. The van der Waals surface area contributed by atoms with Crippen LogP contribution in [0.1, 0.15) is 24.0 Å². The summed E-state index contributed by atoms with van der Waals surface area (Å²) in [6.45, 7) is 0.558. The number of rotatable bonds is 4. The van der Waals surface area contributed by atoms with Crippen LogP contribution in [0.15, 0.2) is 47.6 Å². The van der Waals surface area contributed by atoms with Crippen molar-refractivity contribution in [3.8, 4) is 0 Å². The van der Waals surface area contributed by atoms with E-state index in [-0.39, 0.29) is 5.91 Å². The molecular weight excluding hydrogens is 345 g/mol. The highest BCUT2D eigenvalue weighted by Gasteiger charge is 2.23. The molecule has 124 valence electrons. The Morgan fingerprint density at radius 1 is 1.17 bits per heavy atom. The zero-order valence-electron chi connectivity index (χ0n) is 13.0. The smallest absolute Gasteiger partial charge is 0.243 e. The maximum absolute atomic E-state index is 12.3. The Labute approximate surface area is 150 Å². The van der Waals surface area contributed by atoms with Crippen LogP contribution in [-0.4, -0.2) is 23.2 Å². The second-order valence-corrected chi connectivity index (χ2v) is 6.47. The third-order valence-corrected chi connectivity index (χ3v) is 4.69. The summed E-state index contributed by atoms with van der Waals surface area (Å²) in [7, 11) is 0. The van der Waals surface area contributed by atoms with E-state index in [0.717, 1.165) is 16.8 Å². The number of nitrogen functional groups attached to an aromatic ring is 1. The maximum Gasteiger partial charge on any atom is 0.243 e. The van der Waals surface area contributed by atoms with Crippen molar-refractivity contribution in [2.45, 2.75) is 19.3 Å². The van der Waals surface area contributed by atoms with Crippen LogP contribution in [0, 0.1) is 0 Å². The molecule has 0 unspecified atom stereocenters. The van der Waals surface area contributed by atoms with Gasteiger partial charge in [-0.3, -0.25) is 4.79 Å². The van der Waals surface area contributed by atoms with Crippen molar-refractivity contribution in [3.63, 3.8) is 0 Å². The quantitative estimate of drug-likeness (QED) is 0.831. The van der Waals surface area contributed by atoms with E-state index >= 15 is 0 Å². The Bertz CT molecular complexity index is 790. The number of hydrogen-bond donors (Lipinski definition) is 1. The molecule has 0 bridgehead atoms. The Morgan fingerprint density at radius 3 is 2.62 bits per heavy atom. The Hall–Kier alpha value is -2.04. The molecule has 0 spiro atoms. The SMILES string of the molecule is Nc1cc(Cl)c(Cl)cc1C1=NN(C(=O)CCc2ccccc2)CC1. The maximum atomic E-state index is 12.3. The molecule has 1 amide bonds. The van der Waals surface area contributed by atoms with E-state index in [1.165, 1.54) is 5.01 Å². The van der Waals surface area contributed by atoms with Gasteiger partial charge in [-0.1, -0.05) is 53.5 Å². The highest BCUT2D eigenvalue weighted by Crippen LogP contribution is 2.29. The largest absolute Gasteiger partial charge is 0.398 e. The van der Waals surface area contributed by atoms with Crippen molar-refractivity contribution < 1.29 is 4.79 Å². The van der Waals surface area contributed by atoms with Crippen molar-refractivity contribution in [1.82, 2.24) is 5.01 Å². The molecule has 0 fully saturated rings. The van der Waals surface area contributed by atoms with Gasteiger partial charge < -0.3 is 5.73 Å². The van der Waals surface area contributed by atoms with E-state index in [1.807, 2.05) is 30.3 Å².